The summed E-state index contributed by atoms with van der Waals surface area (Å²) in [4.78, 5) is 22.8. The summed E-state index contributed by atoms with van der Waals surface area (Å²) in [5, 5.41) is 8.85. The van der Waals surface area contributed by atoms with Crippen molar-refractivity contribution in [3.8, 4) is 5.75 Å². The van der Waals surface area contributed by atoms with Crippen molar-refractivity contribution in [1.29, 1.82) is 0 Å². The highest BCUT2D eigenvalue weighted by molar-refractivity contribution is 6.09. The first-order chi connectivity index (χ1) is 7.88. The Balaban J connectivity index is 3.30. The molecule has 0 saturated heterocycles. The van der Waals surface area contributed by atoms with Crippen molar-refractivity contribution in [3.05, 3.63) is 28.8 Å². The second-order valence-corrected chi connectivity index (χ2v) is 4.09. The fourth-order valence-electron chi connectivity index (χ4n) is 1.75. The summed E-state index contributed by atoms with van der Waals surface area (Å²) in [7, 11) is 1.47. The van der Waals surface area contributed by atoms with Crippen LogP contribution < -0.4 is 4.74 Å². The highest BCUT2D eigenvalue weighted by atomic mass is 16.5. The van der Waals surface area contributed by atoms with Gasteiger partial charge in [-0.1, -0.05) is 6.07 Å². The molecular weight excluding hydrogens is 220 g/mol. The molecule has 0 bridgehead atoms. The van der Waals surface area contributed by atoms with E-state index in [0.717, 1.165) is 11.1 Å². The number of carbonyl (C=O) groups excluding carboxylic acids is 1. The van der Waals surface area contributed by atoms with E-state index in [1.807, 2.05) is 19.9 Å². The first-order valence-corrected chi connectivity index (χ1v) is 5.30. The lowest BCUT2D eigenvalue weighted by atomic mass is 9.95. The van der Waals surface area contributed by atoms with Crippen LogP contribution in [0.15, 0.2) is 12.1 Å². The third kappa shape index (κ3) is 2.64. The van der Waals surface area contributed by atoms with Gasteiger partial charge < -0.3 is 9.84 Å². The third-order valence-electron chi connectivity index (χ3n) is 2.65. The zero-order valence-corrected chi connectivity index (χ0v) is 10.4. The highest BCUT2D eigenvalue weighted by Gasteiger charge is 2.25. The number of methoxy groups -OCH3 is 1. The molecule has 1 rings (SSSR count). The molecule has 0 aliphatic rings. The van der Waals surface area contributed by atoms with Crippen LogP contribution in [0.5, 0.6) is 5.75 Å². The minimum absolute atomic E-state index is 0.333. The summed E-state index contributed by atoms with van der Waals surface area (Å²) in [6.07, 6.45) is 0. The Morgan fingerprint density at radius 1 is 1.29 bits per heavy atom. The molecule has 0 amide bonds. The molecule has 0 heterocycles. The number of carboxylic acid groups (broad SMARTS) is 1. The van der Waals surface area contributed by atoms with Crippen molar-refractivity contribution in [2.75, 3.05) is 7.11 Å². The van der Waals surface area contributed by atoms with Crippen LogP contribution >= 0.6 is 0 Å². The summed E-state index contributed by atoms with van der Waals surface area (Å²) in [6, 6.07) is 3.55. The molecular formula is C13H16O4. The van der Waals surface area contributed by atoms with E-state index in [-0.39, 0.29) is 0 Å². The molecule has 1 aromatic rings. The SMILES string of the molecule is COc1c(C)cc(C)cc1C(=O)C(C)C(=O)O. The van der Waals surface area contributed by atoms with Gasteiger partial charge in [0, 0.05) is 0 Å². The fraction of sp³-hybridized carbons (Fsp3) is 0.385. The summed E-state index contributed by atoms with van der Waals surface area (Å²) < 4.78 is 5.17. The van der Waals surface area contributed by atoms with E-state index in [9.17, 15) is 9.59 Å². The van der Waals surface area contributed by atoms with Crippen LogP contribution in [0.1, 0.15) is 28.4 Å². The van der Waals surface area contributed by atoms with Crippen LogP contribution in [0.4, 0.5) is 0 Å². The normalized spacial score (nSPS) is 12.0. The molecule has 92 valence electrons. The molecule has 0 aliphatic carbocycles. The first-order valence-electron chi connectivity index (χ1n) is 5.30. The van der Waals surface area contributed by atoms with Crippen LogP contribution in [-0.4, -0.2) is 24.0 Å². The van der Waals surface area contributed by atoms with E-state index in [4.69, 9.17) is 9.84 Å². The first kappa shape index (κ1) is 13.2. The van der Waals surface area contributed by atoms with Gasteiger partial charge in [0.05, 0.1) is 12.7 Å². The van der Waals surface area contributed by atoms with Crippen LogP contribution in [0, 0.1) is 19.8 Å². The van der Waals surface area contributed by atoms with Crippen molar-refractivity contribution in [2.24, 2.45) is 5.92 Å². The Labute approximate surface area is 100 Å². The second kappa shape index (κ2) is 4.99. The smallest absolute Gasteiger partial charge is 0.314 e. The van der Waals surface area contributed by atoms with Crippen LogP contribution in [0.25, 0.3) is 0 Å². The largest absolute Gasteiger partial charge is 0.496 e. The van der Waals surface area contributed by atoms with Crippen molar-refractivity contribution < 1.29 is 19.4 Å². The average Bonchev–Trinajstić information content (AvgIpc) is 2.25. The maximum absolute atomic E-state index is 12.0. The average molecular weight is 236 g/mol. The van der Waals surface area contributed by atoms with Gasteiger partial charge >= 0.3 is 5.97 Å². The number of carboxylic acids is 1. The van der Waals surface area contributed by atoms with Gasteiger partial charge in [-0.05, 0) is 38.0 Å². The van der Waals surface area contributed by atoms with Gasteiger partial charge in [-0.15, -0.1) is 0 Å². The predicted octanol–water partition coefficient (Wildman–Crippen LogP) is 2.22. The summed E-state index contributed by atoms with van der Waals surface area (Å²) >= 11 is 0. The van der Waals surface area contributed by atoms with Gasteiger partial charge in [0.25, 0.3) is 0 Å². The number of benzene rings is 1. The molecule has 0 spiro atoms. The van der Waals surface area contributed by atoms with E-state index in [1.165, 1.54) is 14.0 Å². The van der Waals surface area contributed by atoms with Crippen molar-refractivity contribution in [2.45, 2.75) is 20.8 Å². The number of aliphatic carboxylic acids is 1. The number of hydrogen-bond donors (Lipinski definition) is 1. The van der Waals surface area contributed by atoms with E-state index < -0.39 is 17.7 Å². The molecule has 4 nitrogen and oxygen atoms in total. The van der Waals surface area contributed by atoms with E-state index >= 15 is 0 Å². The predicted molar refractivity (Wildman–Crippen MR) is 63.6 cm³/mol. The van der Waals surface area contributed by atoms with Gasteiger partial charge in [-0.3, -0.25) is 9.59 Å². The van der Waals surface area contributed by atoms with Crippen LogP contribution in [0.2, 0.25) is 0 Å². The summed E-state index contributed by atoms with van der Waals surface area (Å²) in [6.45, 7) is 5.06. The maximum Gasteiger partial charge on any atom is 0.314 e. The van der Waals surface area contributed by atoms with Crippen LogP contribution in [0.3, 0.4) is 0 Å². The molecule has 0 radical (unpaired) electrons. The lowest BCUT2D eigenvalue weighted by molar-refractivity contribution is -0.139. The van der Waals surface area contributed by atoms with Crippen molar-refractivity contribution >= 4 is 11.8 Å². The van der Waals surface area contributed by atoms with Gasteiger partial charge in [0.2, 0.25) is 0 Å². The van der Waals surface area contributed by atoms with Gasteiger partial charge in [0.15, 0.2) is 5.78 Å². The monoisotopic (exact) mass is 236 g/mol. The Bertz CT molecular complexity index is 463. The molecule has 17 heavy (non-hydrogen) atoms. The molecule has 4 heteroatoms. The van der Waals surface area contributed by atoms with E-state index in [0.29, 0.717) is 11.3 Å². The molecule has 0 fully saturated rings. The fourth-order valence-corrected chi connectivity index (χ4v) is 1.75. The van der Waals surface area contributed by atoms with Gasteiger partial charge in [-0.2, -0.15) is 0 Å². The Kier molecular flexibility index (Phi) is 3.89. The third-order valence-corrected chi connectivity index (χ3v) is 2.65. The number of ether oxygens (including phenoxy) is 1. The number of Topliss-reactive ketones (excluding diaryl/α,β-unsaturated/α-hetero) is 1. The number of aryl methyl sites for hydroxylation is 2. The minimum atomic E-state index is -1.13. The topological polar surface area (TPSA) is 63.6 Å². The summed E-state index contributed by atoms with van der Waals surface area (Å²) in [5.74, 6) is -2.17. The van der Waals surface area contributed by atoms with E-state index in [1.54, 1.807) is 6.07 Å². The highest BCUT2D eigenvalue weighted by Crippen LogP contribution is 2.27. The number of hydrogen-bond acceptors (Lipinski definition) is 3. The van der Waals surface area contributed by atoms with Crippen molar-refractivity contribution in [3.63, 3.8) is 0 Å². The number of ketones is 1. The molecule has 1 N–H and O–H groups in total. The zero-order chi connectivity index (χ0) is 13.2. The maximum atomic E-state index is 12.0. The van der Waals surface area contributed by atoms with Gasteiger partial charge in [-0.25, -0.2) is 0 Å². The molecule has 0 aliphatic heterocycles. The molecule has 0 saturated carbocycles. The van der Waals surface area contributed by atoms with E-state index in [2.05, 4.69) is 0 Å². The standard InChI is InChI=1S/C13H16O4/c1-7-5-8(2)12(17-4)10(6-7)11(14)9(3)13(15)16/h5-6,9H,1-4H3,(H,15,16). The van der Waals surface area contributed by atoms with Crippen LogP contribution in [-0.2, 0) is 4.79 Å². The lowest BCUT2D eigenvalue weighted by Crippen LogP contribution is -2.21. The minimum Gasteiger partial charge on any atom is -0.496 e. The number of carbonyl (C=O) groups is 2. The molecule has 1 aromatic carbocycles. The Hall–Kier alpha value is -1.84. The van der Waals surface area contributed by atoms with Crippen molar-refractivity contribution in [1.82, 2.24) is 0 Å². The molecule has 0 aromatic heterocycles. The quantitative estimate of drug-likeness (QED) is 0.643. The number of rotatable bonds is 4. The van der Waals surface area contributed by atoms with Gasteiger partial charge in [0.1, 0.15) is 11.7 Å². The Morgan fingerprint density at radius 3 is 2.35 bits per heavy atom. The Morgan fingerprint density at radius 2 is 1.88 bits per heavy atom. The lowest BCUT2D eigenvalue weighted by Gasteiger charge is -2.13. The summed E-state index contributed by atoms with van der Waals surface area (Å²) in [5.41, 5.74) is 2.07. The zero-order valence-electron chi connectivity index (χ0n) is 10.4. The second-order valence-electron chi connectivity index (χ2n) is 4.09. The molecule has 1 atom stereocenters. The molecule has 1 unspecified atom stereocenters.